The van der Waals surface area contributed by atoms with E-state index in [2.05, 4.69) is 61.9 Å². The highest BCUT2D eigenvalue weighted by Gasteiger charge is 2.18. The summed E-state index contributed by atoms with van der Waals surface area (Å²) >= 11 is 3.53. The summed E-state index contributed by atoms with van der Waals surface area (Å²) in [7, 11) is 3.16. The van der Waals surface area contributed by atoms with E-state index in [1.807, 2.05) is 0 Å². The van der Waals surface area contributed by atoms with E-state index in [9.17, 15) is 4.79 Å². The molecule has 0 aliphatic rings. The molecule has 0 aromatic heterocycles. The van der Waals surface area contributed by atoms with Crippen LogP contribution in [0.1, 0.15) is 58.9 Å². The van der Waals surface area contributed by atoms with Gasteiger partial charge in [-0.2, -0.15) is 0 Å². The number of rotatable bonds is 13. The quantitative estimate of drug-likeness (QED) is 0.163. The largest absolute Gasteiger partial charge is 0.493 e. The van der Waals surface area contributed by atoms with Gasteiger partial charge in [0.2, 0.25) is 5.75 Å². The first-order valence-corrected chi connectivity index (χ1v) is 11.3. The average molecular weight is 491 g/mol. The molecule has 1 aromatic carbocycles. The number of allylic oxidation sites excluding steroid dienone is 6. The van der Waals surface area contributed by atoms with Crippen molar-refractivity contribution in [1.29, 1.82) is 0 Å². The van der Waals surface area contributed by atoms with Gasteiger partial charge in [0.15, 0.2) is 11.5 Å². The molecule has 1 aromatic rings. The predicted molar refractivity (Wildman–Crippen MR) is 133 cm³/mol. The summed E-state index contributed by atoms with van der Waals surface area (Å²) in [5.74, 6) is 1.61. The van der Waals surface area contributed by atoms with Crippen LogP contribution in [0.3, 0.4) is 0 Å². The zero-order valence-corrected chi connectivity index (χ0v) is 21.2. The molecule has 31 heavy (non-hydrogen) atoms. The zero-order valence-electron chi connectivity index (χ0n) is 19.6. The Kier molecular flexibility index (Phi) is 12.7. The second-order valence-corrected chi connectivity index (χ2v) is 8.40. The van der Waals surface area contributed by atoms with Gasteiger partial charge in [0.05, 0.1) is 18.7 Å². The second kappa shape index (κ2) is 14.7. The summed E-state index contributed by atoms with van der Waals surface area (Å²) in [5, 5.41) is 0. The van der Waals surface area contributed by atoms with Gasteiger partial charge in [-0.1, -0.05) is 34.9 Å². The van der Waals surface area contributed by atoms with Gasteiger partial charge in [0, 0.05) is 0 Å². The summed E-state index contributed by atoms with van der Waals surface area (Å²) in [5.41, 5.74) is 4.85. The van der Waals surface area contributed by atoms with Crippen molar-refractivity contribution in [2.24, 2.45) is 0 Å². The molecule has 0 aliphatic carbocycles. The summed E-state index contributed by atoms with van der Waals surface area (Å²) in [6.45, 7) is 9.01. The first kappa shape index (κ1) is 26.8. The minimum Gasteiger partial charge on any atom is -0.493 e. The van der Waals surface area contributed by atoms with Crippen LogP contribution in [-0.2, 0) is 4.79 Å². The Morgan fingerprint density at radius 1 is 0.935 bits per heavy atom. The number of methoxy groups -OCH3 is 2. The van der Waals surface area contributed by atoms with E-state index in [-0.39, 0.29) is 0 Å². The van der Waals surface area contributed by atoms with Crippen LogP contribution >= 0.6 is 15.9 Å². The van der Waals surface area contributed by atoms with Crippen molar-refractivity contribution in [2.75, 3.05) is 20.8 Å². The lowest BCUT2D eigenvalue weighted by molar-refractivity contribution is -0.104. The van der Waals surface area contributed by atoms with Crippen LogP contribution in [0.15, 0.2) is 51.6 Å². The highest BCUT2D eigenvalue weighted by Crippen LogP contribution is 2.45. The number of hydrogen-bond acceptors (Lipinski definition) is 4. The highest BCUT2D eigenvalue weighted by atomic mass is 79.9. The molecule has 4 nitrogen and oxygen atoms in total. The van der Waals surface area contributed by atoms with Crippen molar-refractivity contribution in [1.82, 2.24) is 0 Å². The van der Waals surface area contributed by atoms with Crippen molar-refractivity contribution in [2.45, 2.75) is 53.4 Å². The van der Waals surface area contributed by atoms with Crippen molar-refractivity contribution in [3.05, 3.63) is 57.1 Å². The van der Waals surface area contributed by atoms with Gasteiger partial charge in [-0.05, 0) is 93.1 Å². The molecule has 0 amide bonds. The monoisotopic (exact) mass is 490 g/mol. The minimum atomic E-state index is 0.414. The first-order chi connectivity index (χ1) is 14.8. The Labute approximate surface area is 195 Å². The van der Waals surface area contributed by atoms with Gasteiger partial charge in [-0.15, -0.1) is 0 Å². The molecule has 0 fully saturated rings. The lowest BCUT2D eigenvalue weighted by Crippen LogP contribution is -2.02. The summed E-state index contributed by atoms with van der Waals surface area (Å²) < 4.78 is 17.7. The van der Waals surface area contributed by atoms with E-state index in [1.165, 1.54) is 22.8 Å². The Morgan fingerprint density at radius 3 is 2.16 bits per heavy atom. The second-order valence-electron chi connectivity index (χ2n) is 7.61. The Morgan fingerprint density at radius 2 is 1.58 bits per heavy atom. The van der Waals surface area contributed by atoms with Gasteiger partial charge in [-0.25, -0.2) is 0 Å². The standard InChI is InChI=1S/C26H35BrO4/c1-19(2)10-7-11-20(3)12-8-13-21(4)15-17-31-25-23(29-5)18-22(14-9-16-28)24(27)26(25)30-6/h9-10,12,14-16,18H,7-8,11,13,17H2,1-6H3. The van der Waals surface area contributed by atoms with Crippen LogP contribution in [0.4, 0.5) is 0 Å². The third-order valence-corrected chi connectivity index (χ3v) is 5.55. The maximum absolute atomic E-state index is 10.7. The number of ether oxygens (including phenoxy) is 3. The molecule has 0 bridgehead atoms. The molecule has 0 atom stereocenters. The van der Waals surface area contributed by atoms with Crippen LogP contribution in [0.5, 0.6) is 17.2 Å². The maximum Gasteiger partial charge on any atom is 0.205 e. The molecule has 0 unspecified atom stereocenters. The van der Waals surface area contributed by atoms with Crippen LogP contribution in [-0.4, -0.2) is 27.1 Å². The first-order valence-electron chi connectivity index (χ1n) is 10.5. The van der Waals surface area contributed by atoms with Crippen LogP contribution in [0.2, 0.25) is 0 Å². The minimum absolute atomic E-state index is 0.414. The molecule has 0 saturated heterocycles. The van der Waals surface area contributed by atoms with Crippen LogP contribution in [0, 0.1) is 0 Å². The molecular formula is C26H35BrO4. The van der Waals surface area contributed by atoms with E-state index in [0.29, 0.717) is 28.3 Å². The SMILES string of the molecule is COc1cc(C=CC=O)c(Br)c(OC)c1OCC=C(C)CCC=C(C)CCC=C(C)C. The Hall–Kier alpha value is -2.27. The fourth-order valence-corrected chi connectivity index (χ4v) is 3.54. The van der Waals surface area contributed by atoms with Gasteiger partial charge in [0.25, 0.3) is 0 Å². The summed E-state index contributed by atoms with van der Waals surface area (Å²) in [4.78, 5) is 10.7. The number of carbonyl (C=O) groups excluding carboxylic acids is 1. The van der Waals surface area contributed by atoms with Gasteiger partial charge >= 0.3 is 0 Å². The molecule has 5 heteroatoms. The normalized spacial score (nSPS) is 12.1. The van der Waals surface area contributed by atoms with Crippen molar-refractivity contribution in [3.63, 3.8) is 0 Å². The molecule has 0 heterocycles. The maximum atomic E-state index is 10.7. The van der Waals surface area contributed by atoms with Gasteiger partial charge in [-0.3, -0.25) is 4.79 Å². The molecule has 0 radical (unpaired) electrons. The third kappa shape index (κ3) is 9.60. The van der Waals surface area contributed by atoms with Crippen LogP contribution in [0.25, 0.3) is 6.08 Å². The van der Waals surface area contributed by atoms with Gasteiger partial charge < -0.3 is 14.2 Å². The van der Waals surface area contributed by atoms with Crippen molar-refractivity contribution < 1.29 is 19.0 Å². The summed E-state index contributed by atoms with van der Waals surface area (Å²) in [6.07, 6.45) is 14.8. The number of hydrogen-bond donors (Lipinski definition) is 0. The number of aldehydes is 1. The Balaban J connectivity index is 2.76. The van der Waals surface area contributed by atoms with E-state index < -0.39 is 0 Å². The van der Waals surface area contributed by atoms with Crippen molar-refractivity contribution in [3.8, 4) is 17.2 Å². The van der Waals surface area contributed by atoms with E-state index in [0.717, 1.165) is 37.5 Å². The lowest BCUT2D eigenvalue weighted by atomic mass is 10.1. The third-order valence-electron chi connectivity index (χ3n) is 4.73. The topological polar surface area (TPSA) is 44.8 Å². The number of carbonyl (C=O) groups is 1. The average Bonchev–Trinajstić information content (AvgIpc) is 2.73. The fourth-order valence-electron chi connectivity index (χ4n) is 2.95. The molecule has 170 valence electrons. The molecule has 0 aliphatic heterocycles. The number of benzene rings is 1. The smallest absolute Gasteiger partial charge is 0.205 e. The van der Waals surface area contributed by atoms with Gasteiger partial charge in [0.1, 0.15) is 12.9 Å². The fraction of sp³-hybridized carbons (Fsp3) is 0.423. The molecule has 0 spiro atoms. The Bertz CT molecular complexity index is 843. The zero-order chi connectivity index (χ0) is 23.2. The number of halogens is 1. The molecule has 0 saturated carbocycles. The van der Waals surface area contributed by atoms with Crippen molar-refractivity contribution >= 4 is 28.3 Å². The predicted octanol–water partition coefficient (Wildman–Crippen LogP) is 7.48. The molecule has 1 rings (SSSR count). The molecular weight excluding hydrogens is 456 g/mol. The van der Waals surface area contributed by atoms with Crippen LogP contribution < -0.4 is 14.2 Å². The lowest BCUT2D eigenvalue weighted by Gasteiger charge is -2.17. The summed E-state index contributed by atoms with van der Waals surface area (Å²) in [6, 6.07) is 1.81. The molecule has 0 N–H and O–H groups in total. The van der Waals surface area contributed by atoms with E-state index in [1.54, 1.807) is 26.4 Å². The highest BCUT2D eigenvalue weighted by molar-refractivity contribution is 9.10. The van der Waals surface area contributed by atoms with E-state index >= 15 is 0 Å². The van der Waals surface area contributed by atoms with E-state index in [4.69, 9.17) is 14.2 Å².